The molecule has 0 spiro atoms. The van der Waals surface area contributed by atoms with Gasteiger partial charge in [-0.05, 0) is 38.2 Å². The third-order valence-electron chi connectivity index (χ3n) is 2.21. The lowest BCUT2D eigenvalue weighted by atomic mass is 10.1. The van der Waals surface area contributed by atoms with Gasteiger partial charge in [0.05, 0.1) is 0 Å². The topological polar surface area (TPSA) is 0 Å². The molecule has 0 amide bonds. The summed E-state index contributed by atoms with van der Waals surface area (Å²) >= 11 is 0. The zero-order valence-electron chi connectivity index (χ0n) is 8.29. The number of hydrogen-bond acceptors (Lipinski definition) is 0. The molecule has 13 heavy (non-hydrogen) atoms. The molecule has 69 valence electrons. The van der Waals surface area contributed by atoms with Crippen molar-refractivity contribution in [2.75, 3.05) is 0 Å². The van der Waals surface area contributed by atoms with Gasteiger partial charge in [0.1, 0.15) is 0 Å². The Balaban J connectivity index is 2.28. The van der Waals surface area contributed by atoms with Gasteiger partial charge >= 0.3 is 0 Å². The van der Waals surface area contributed by atoms with Gasteiger partial charge in [-0.15, -0.1) is 0 Å². The molecule has 1 aromatic rings. The first kappa shape index (κ1) is 10.0. The summed E-state index contributed by atoms with van der Waals surface area (Å²) in [6.45, 7) is 7.42. The fourth-order valence-corrected chi connectivity index (χ4v) is 1.35. The lowest BCUT2D eigenvalue weighted by Crippen LogP contribution is -1.85. The largest absolute Gasteiger partial charge is 0.0845 e. The second-order valence-electron chi connectivity index (χ2n) is 3.47. The Labute approximate surface area is 81.3 Å². The van der Waals surface area contributed by atoms with Gasteiger partial charge < -0.3 is 0 Å². The Morgan fingerprint density at radius 2 is 1.85 bits per heavy atom. The Bertz CT molecular complexity index is 243. The highest BCUT2D eigenvalue weighted by Gasteiger charge is 1.91. The molecular formula is C13H17. The van der Waals surface area contributed by atoms with Crippen LogP contribution in [-0.4, -0.2) is 0 Å². The molecule has 0 atom stereocenters. The van der Waals surface area contributed by atoms with E-state index in [4.69, 9.17) is 6.58 Å². The Morgan fingerprint density at radius 1 is 1.15 bits per heavy atom. The molecule has 0 heteroatoms. The van der Waals surface area contributed by atoms with Crippen LogP contribution in [0.15, 0.2) is 30.3 Å². The molecule has 0 bridgehead atoms. The smallest absolute Gasteiger partial charge is 0.0279 e. The quantitative estimate of drug-likeness (QED) is 0.596. The maximum atomic E-state index is 5.30. The van der Waals surface area contributed by atoms with Crippen LogP contribution < -0.4 is 0 Å². The summed E-state index contributed by atoms with van der Waals surface area (Å²) in [7, 11) is 0. The Hall–Kier alpha value is -1.04. The molecule has 1 radical (unpaired) electrons. The summed E-state index contributed by atoms with van der Waals surface area (Å²) in [5, 5.41) is 0. The molecule has 0 aromatic heterocycles. The molecule has 0 N–H and O–H groups in total. The first-order valence-electron chi connectivity index (χ1n) is 4.92. The molecule has 0 aliphatic rings. The van der Waals surface area contributed by atoms with Crippen LogP contribution in [0.2, 0.25) is 0 Å². The third-order valence-corrected chi connectivity index (χ3v) is 2.21. The molecule has 0 fully saturated rings. The minimum Gasteiger partial charge on any atom is -0.0845 e. The minimum atomic E-state index is 1.03. The van der Waals surface area contributed by atoms with E-state index in [0.29, 0.717) is 0 Å². The highest BCUT2D eigenvalue weighted by atomic mass is 14.0. The van der Waals surface area contributed by atoms with Gasteiger partial charge in [0, 0.05) is 0 Å². The van der Waals surface area contributed by atoms with Crippen LogP contribution >= 0.6 is 0 Å². The third kappa shape index (κ3) is 3.93. The predicted octanol–water partition coefficient (Wildman–Crippen LogP) is 3.70. The van der Waals surface area contributed by atoms with Crippen molar-refractivity contribution >= 4 is 0 Å². The van der Waals surface area contributed by atoms with E-state index in [1.165, 1.54) is 30.4 Å². The Kier molecular flexibility index (Phi) is 4.31. The minimum absolute atomic E-state index is 1.03. The lowest BCUT2D eigenvalue weighted by Gasteiger charge is -2.00. The summed E-state index contributed by atoms with van der Waals surface area (Å²) in [6, 6.07) is 8.76. The molecule has 1 rings (SSSR count). The van der Waals surface area contributed by atoms with Crippen molar-refractivity contribution in [1.29, 1.82) is 0 Å². The highest BCUT2D eigenvalue weighted by molar-refractivity contribution is 5.21. The molecule has 0 heterocycles. The molecular weight excluding hydrogens is 156 g/mol. The van der Waals surface area contributed by atoms with E-state index in [-0.39, 0.29) is 0 Å². The molecule has 1 aromatic carbocycles. The Morgan fingerprint density at radius 3 is 2.46 bits per heavy atom. The van der Waals surface area contributed by atoms with Gasteiger partial charge in [0.15, 0.2) is 0 Å². The van der Waals surface area contributed by atoms with Crippen molar-refractivity contribution in [2.24, 2.45) is 0 Å². The average Bonchev–Trinajstić information content (AvgIpc) is 2.15. The number of hydrogen-bond donors (Lipinski definition) is 0. The van der Waals surface area contributed by atoms with Crippen LogP contribution in [0.1, 0.15) is 30.4 Å². The predicted molar refractivity (Wildman–Crippen MR) is 57.6 cm³/mol. The maximum absolute atomic E-state index is 5.30. The van der Waals surface area contributed by atoms with Crippen molar-refractivity contribution < 1.29 is 0 Å². The zero-order valence-corrected chi connectivity index (χ0v) is 8.29. The second-order valence-corrected chi connectivity index (χ2v) is 3.47. The van der Waals surface area contributed by atoms with Crippen molar-refractivity contribution in [3.05, 3.63) is 48.0 Å². The standard InChI is InChI=1S/C13H17/c1-3-4-5-6-7-13-10-8-12(2)9-11-13/h1,3,8-11H,4-7H2,2H3. The van der Waals surface area contributed by atoms with Gasteiger partial charge in [0.25, 0.3) is 0 Å². The first-order valence-corrected chi connectivity index (χ1v) is 4.92. The monoisotopic (exact) mass is 173 g/mol. The van der Waals surface area contributed by atoms with Gasteiger partial charge in [-0.25, -0.2) is 0 Å². The number of aryl methyl sites for hydroxylation is 2. The van der Waals surface area contributed by atoms with Gasteiger partial charge in [-0.2, -0.15) is 0 Å². The fraction of sp³-hybridized carbons (Fsp3) is 0.385. The van der Waals surface area contributed by atoms with Crippen LogP contribution in [0.3, 0.4) is 0 Å². The van der Waals surface area contributed by atoms with Crippen LogP contribution in [0.5, 0.6) is 0 Å². The molecule has 0 unspecified atom stereocenters. The maximum Gasteiger partial charge on any atom is -0.0279 e. The average molecular weight is 173 g/mol. The summed E-state index contributed by atoms with van der Waals surface area (Å²) in [5.41, 5.74) is 2.77. The van der Waals surface area contributed by atoms with Crippen molar-refractivity contribution in [2.45, 2.75) is 32.6 Å². The van der Waals surface area contributed by atoms with E-state index in [1.54, 1.807) is 6.08 Å². The number of benzene rings is 1. The first-order chi connectivity index (χ1) is 6.33. The summed E-state index contributed by atoms with van der Waals surface area (Å²) in [6.07, 6.45) is 6.39. The summed E-state index contributed by atoms with van der Waals surface area (Å²) < 4.78 is 0. The number of rotatable bonds is 5. The van der Waals surface area contributed by atoms with Crippen LogP contribution in [0.25, 0.3) is 0 Å². The zero-order chi connectivity index (χ0) is 9.52. The van der Waals surface area contributed by atoms with Gasteiger partial charge in [-0.3, -0.25) is 0 Å². The highest BCUT2D eigenvalue weighted by Crippen LogP contribution is 2.08. The summed E-state index contributed by atoms with van der Waals surface area (Å²) in [5.74, 6) is 0. The molecule has 0 saturated heterocycles. The van der Waals surface area contributed by atoms with E-state index in [2.05, 4.69) is 31.2 Å². The van der Waals surface area contributed by atoms with Crippen LogP contribution in [0, 0.1) is 13.5 Å². The van der Waals surface area contributed by atoms with E-state index in [1.807, 2.05) is 0 Å². The molecule has 0 nitrogen and oxygen atoms in total. The van der Waals surface area contributed by atoms with Crippen molar-refractivity contribution in [3.8, 4) is 0 Å². The SMILES string of the molecule is [CH]=CCCCCc1ccc(C)cc1. The number of allylic oxidation sites excluding steroid dienone is 1. The lowest BCUT2D eigenvalue weighted by molar-refractivity contribution is 0.748. The summed E-state index contributed by atoms with van der Waals surface area (Å²) in [4.78, 5) is 0. The second kappa shape index (κ2) is 5.58. The van der Waals surface area contributed by atoms with E-state index >= 15 is 0 Å². The van der Waals surface area contributed by atoms with E-state index in [9.17, 15) is 0 Å². The van der Waals surface area contributed by atoms with E-state index in [0.717, 1.165) is 6.42 Å². The molecule has 0 aliphatic carbocycles. The normalized spacial score (nSPS) is 9.92. The number of unbranched alkanes of at least 4 members (excludes halogenated alkanes) is 2. The van der Waals surface area contributed by atoms with Gasteiger partial charge in [-0.1, -0.05) is 42.5 Å². The van der Waals surface area contributed by atoms with E-state index < -0.39 is 0 Å². The van der Waals surface area contributed by atoms with Gasteiger partial charge in [0.2, 0.25) is 0 Å². The van der Waals surface area contributed by atoms with Crippen LogP contribution in [-0.2, 0) is 6.42 Å². The fourth-order valence-electron chi connectivity index (χ4n) is 1.35. The molecule has 0 saturated carbocycles. The van der Waals surface area contributed by atoms with Crippen molar-refractivity contribution in [3.63, 3.8) is 0 Å². The van der Waals surface area contributed by atoms with Crippen molar-refractivity contribution in [1.82, 2.24) is 0 Å². The van der Waals surface area contributed by atoms with Crippen LogP contribution in [0.4, 0.5) is 0 Å². The molecule has 0 aliphatic heterocycles.